The van der Waals surface area contributed by atoms with E-state index in [0.717, 1.165) is 4.90 Å². The molecule has 1 N–H and O–H groups in total. The molecule has 4 amide bonds. The van der Waals surface area contributed by atoms with Crippen LogP contribution >= 0.6 is 0 Å². The van der Waals surface area contributed by atoms with Crippen molar-refractivity contribution in [3.05, 3.63) is 59.0 Å². The lowest BCUT2D eigenvalue weighted by Crippen LogP contribution is -2.53. The number of aliphatic hydroxyl groups is 1. The van der Waals surface area contributed by atoms with E-state index in [2.05, 4.69) is 4.98 Å². The lowest BCUT2D eigenvalue weighted by atomic mass is 9.77. The number of methoxy groups -OCH3 is 2. The van der Waals surface area contributed by atoms with Crippen LogP contribution < -0.4 is 14.4 Å². The van der Waals surface area contributed by atoms with Gasteiger partial charge in [-0.25, -0.2) is 14.0 Å². The molecule has 2 saturated heterocycles. The van der Waals surface area contributed by atoms with Crippen molar-refractivity contribution in [2.45, 2.75) is 71.1 Å². The highest BCUT2D eigenvalue weighted by atomic mass is 19.1. The van der Waals surface area contributed by atoms with Gasteiger partial charge in [-0.15, -0.1) is 0 Å². The van der Waals surface area contributed by atoms with E-state index in [4.69, 9.17) is 14.2 Å². The van der Waals surface area contributed by atoms with Crippen LogP contribution in [0, 0.1) is 12.7 Å². The fourth-order valence-corrected chi connectivity index (χ4v) is 6.22. The highest BCUT2D eigenvalue weighted by molar-refractivity contribution is 6.06. The molecule has 12 heteroatoms. The first-order valence-electron chi connectivity index (χ1n) is 15.3. The largest absolute Gasteiger partial charge is 0.497 e. The number of rotatable bonds is 6. The molecule has 246 valence electrons. The van der Waals surface area contributed by atoms with Crippen molar-refractivity contribution in [2.24, 2.45) is 0 Å². The summed E-state index contributed by atoms with van der Waals surface area (Å²) in [5.74, 6) is -0.443. The van der Waals surface area contributed by atoms with Crippen molar-refractivity contribution in [2.75, 3.05) is 38.8 Å². The maximum atomic E-state index is 16.4. The van der Waals surface area contributed by atoms with Crippen LogP contribution in [-0.4, -0.2) is 83.0 Å². The number of piperidine rings is 1. The fourth-order valence-electron chi connectivity index (χ4n) is 6.22. The van der Waals surface area contributed by atoms with E-state index < -0.39 is 35.1 Å². The number of hydrogen-bond donors (Lipinski definition) is 1. The van der Waals surface area contributed by atoms with E-state index in [1.807, 2.05) is 0 Å². The SMILES string of the molecule is COc1ccc(CN2C(=O)CCN(c3cc4c(F)c(C5CCN(C(=O)OC(C)(C)C)CC5(C)O)ccc4nc3C)C2=O)c(OC)c1. The summed E-state index contributed by atoms with van der Waals surface area (Å²) in [6.45, 7) is 9.00. The van der Waals surface area contributed by atoms with Crippen molar-refractivity contribution in [1.82, 2.24) is 14.8 Å². The number of β-amino-alcohol motifs (C(OH)–C–C–N with tert-alkyl or cyclic N) is 1. The molecule has 3 heterocycles. The molecule has 11 nitrogen and oxygen atoms in total. The third-order valence-electron chi connectivity index (χ3n) is 8.53. The van der Waals surface area contributed by atoms with Crippen molar-refractivity contribution >= 4 is 34.6 Å². The van der Waals surface area contributed by atoms with Gasteiger partial charge in [0.1, 0.15) is 22.9 Å². The number of carbonyl (C=O) groups is 3. The fraction of sp³-hybridized carbons (Fsp3) is 0.471. The smallest absolute Gasteiger partial charge is 0.410 e. The van der Waals surface area contributed by atoms with Gasteiger partial charge in [0, 0.05) is 42.4 Å². The van der Waals surface area contributed by atoms with Crippen LogP contribution in [0.25, 0.3) is 10.9 Å². The number of likely N-dealkylation sites (tertiary alicyclic amines) is 1. The number of benzene rings is 2. The number of halogens is 1. The monoisotopic (exact) mass is 636 g/mol. The average Bonchev–Trinajstić information content (AvgIpc) is 2.98. The molecule has 0 aliphatic carbocycles. The van der Waals surface area contributed by atoms with Gasteiger partial charge in [-0.3, -0.25) is 19.6 Å². The summed E-state index contributed by atoms with van der Waals surface area (Å²) in [6.07, 6.45) is -0.139. The lowest BCUT2D eigenvalue weighted by molar-refractivity contribution is -0.129. The number of urea groups is 1. The minimum atomic E-state index is -1.43. The minimum Gasteiger partial charge on any atom is -0.497 e. The predicted molar refractivity (Wildman–Crippen MR) is 170 cm³/mol. The van der Waals surface area contributed by atoms with Crippen LogP contribution in [0.4, 0.5) is 19.7 Å². The number of hydrogen-bond acceptors (Lipinski definition) is 8. The topological polar surface area (TPSA) is 122 Å². The van der Waals surface area contributed by atoms with Crippen LogP contribution in [0.1, 0.15) is 63.3 Å². The Labute approximate surface area is 267 Å². The summed E-state index contributed by atoms with van der Waals surface area (Å²) < 4.78 is 32.6. The number of anilines is 1. The highest BCUT2D eigenvalue weighted by Crippen LogP contribution is 2.40. The summed E-state index contributed by atoms with van der Waals surface area (Å²) in [7, 11) is 3.04. The molecule has 3 aromatic rings. The number of amides is 4. The molecule has 2 aromatic carbocycles. The Morgan fingerprint density at radius 1 is 1.11 bits per heavy atom. The first kappa shape index (κ1) is 32.9. The van der Waals surface area contributed by atoms with Gasteiger partial charge >= 0.3 is 12.1 Å². The van der Waals surface area contributed by atoms with Crippen LogP contribution in [0.2, 0.25) is 0 Å². The number of aryl methyl sites for hydroxylation is 1. The summed E-state index contributed by atoms with van der Waals surface area (Å²) in [5.41, 5.74) is 0.0916. The third-order valence-corrected chi connectivity index (χ3v) is 8.53. The summed E-state index contributed by atoms with van der Waals surface area (Å²) in [4.78, 5) is 48.1. The summed E-state index contributed by atoms with van der Waals surface area (Å²) in [5, 5.41) is 11.6. The van der Waals surface area contributed by atoms with Gasteiger partial charge in [-0.05, 0) is 70.9 Å². The normalized spacial score (nSPS) is 20.7. The Kier molecular flexibility index (Phi) is 8.87. The van der Waals surface area contributed by atoms with Gasteiger partial charge in [0.2, 0.25) is 5.91 Å². The van der Waals surface area contributed by atoms with Gasteiger partial charge in [-0.2, -0.15) is 0 Å². The molecule has 2 aliphatic heterocycles. The molecular weight excluding hydrogens is 595 g/mol. The zero-order valence-corrected chi connectivity index (χ0v) is 27.3. The zero-order valence-electron chi connectivity index (χ0n) is 27.3. The third kappa shape index (κ3) is 6.44. The van der Waals surface area contributed by atoms with E-state index in [1.54, 1.807) is 71.0 Å². The Morgan fingerprint density at radius 3 is 2.50 bits per heavy atom. The lowest BCUT2D eigenvalue weighted by Gasteiger charge is -2.43. The molecule has 2 atom stereocenters. The second kappa shape index (κ2) is 12.4. The van der Waals surface area contributed by atoms with Crippen molar-refractivity contribution in [3.63, 3.8) is 0 Å². The van der Waals surface area contributed by atoms with Crippen molar-refractivity contribution in [3.8, 4) is 11.5 Å². The molecule has 46 heavy (non-hydrogen) atoms. The van der Waals surface area contributed by atoms with Crippen molar-refractivity contribution in [1.29, 1.82) is 0 Å². The number of imide groups is 1. The average molecular weight is 637 g/mol. The van der Waals surface area contributed by atoms with Crippen molar-refractivity contribution < 1.29 is 38.1 Å². The van der Waals surface area contributed by atoms with Crippen LogP contribution in [0.3, 0.4) is 0 Å². The first-order chi connectivity index (χ1) is 21.6. The molecule has 2 aliphatic rings. The zero-order chi connectivity index (χ0) is 33.6. The van der Waals surface area contributed by atoms with Gasteiger partial charge in [0.15, 0.2) is 0 Å². The molecule has 5 rings (SSSR count). The standard InChI is InChI=1S/C34H41FN4O7/c1-20-27(38-15-13-29(40)39(31(38)41)18-21-8-9-22(44-6)16-28(21)45-7)17-24-26(36-20)11-10-23(30(24)35)25-12-14-37(19-34(25,5)43)32(42)46-33(2,3)4/h8-11,16-17,25,43H,12-15,18-19H2,1-7H3. The van der Waals surface area contributed by atoms with E-state index >= 15 is 4.39 Å². The molecule has 1 aromatic heterocycles. The molecule has 2 unspecified atom stereocenters. The summed E-state index contributed by atoms with van der Waals surface area (Å²) in [6, 6.07) is 9.51. The van der Waals surface area contributed by atoms with Crippen LogP contribution in [0.15, 0.2) is 36.4 Å². The number of carbonyl (C=O) groups excluding carboxylic acids is 3. The van der Waals surface area contributed by atoms with E-state index in [-0.39, 0.29) is 43.9 Å². The predicted octanol–water partition coefficient (Wildman–Crippen LogP) is 5.53. The highest BCUT2D eigenvalue weighted by Gasteiger charge is 2.43. The Morgan fingerprint density at radius 2 is 1.85 bits per heavy atom. The maximum Gasteiger partial charge on any atom is 0.410 e. The second-order valence-corrected chi connectivity index (χ2v) is 13.1. The first-order valence-corrected chi connectivity index (χ1v) is 15.3. The van der Waals surface area contributed by atoms with Gasteiger partial charge in [0.05, 0.1) is 49.8 Å². The van der Waals surface area contributed by atoms with Crippen LogP contribution in [0.5, 0.6) is 11.5 Å². The Hall–Kier alpha value is -4.45. The second-order valence-electron chi connectivity index (χ2n) is 13.1. The molecule has 0 bridgehead atoms. The van der Waals surface area contributed by atoms with Gasteiger partial charge in [0.25, 0.3) is 0 Å². The van der Waals surface area contributed by atoms with Gasteiger partial charge in [-0.1, -0.05) is 6.07 Å². The molecule has 2 fully saturated rings. The van der Waals surface area contributed by atoms with E-state index in [0.29, 0.717) is 45.9 Å². The minimum absolute atomic E-state index is 0.0169. The Balaban J connectivity index is 1.44. The molecule has 0 spiro atoms. The number of pyridine rings is 1. The molecule has 0 radical (unpaired) electrons. The Bertz CT molecular complexity index is 1690. The molecular formula is C34H41FN4O7. The maximum absolute atomic E-state index is 16.4. The van der Waals surface area contributed by atoms with Gasteiger partial charge < -0.3 is 24.2 Å². The quantitative estimate of drug-likeness (QED) is 0.375. The summed E-state index contributed by atoms with van der Waals surface area (Å²) >= 11 is 0. The number of nitrogens with zero attached hydrogens (tertiary/aromatic N) is 4. The number of fused-ring (bicyclic) bond motifs is 1. The number of aromatic nitrogens is 1. The molecule has 0 saturated carbocycles. The number of ether oxygens (including phenoxy) is 3. The van der Waals surface area contributed by atoms with E-state index in [1.165, 1.54) is 24.0 Å². The van der Waals surface area contributed by atoms with E-state index in [9.17, 15) is 19.5 Å². The van der Waals surface area contributed by atoms with Crippen LogP contribution in [-0.2, 0) is 16.1 Å².